The van der Waals surface area contributed by atoms with Crippen LogP contribution in [0.4, 0.5) is 5.69 Å². The van der Waals surface area contributed by atoms with Crippen LogP contribution in [0.1, 0.15) is 48.5 Å². The van der Waals surface area contributed by atoms with Gasteiger partial charge in [-0.05, 0) is 47.4 Å². The molecule has 1 aliphatic heterocycles. The van der Waals surface area contributed by atoms with Crippen molar-refractivity contribution in [3.05, 3.63) is 122 Å². The third-order valence-corrected chi connectivity index (χ3v) is 7.47. The second-order valence-electron chi connectivity index (χ2n) is 9.91. The fourth-order valence-corrected chi connectivity index (χ4v) is 5.49. The third kappa shape index (κ3) is 4.78. The molecule has 182 valence electrons. The first-order valence-electron chi connectivity index (χ1n) is 11.8. The van der Waals surface area contributed by atoms with Crippen molar-refractivity contribution < 1.29 is 14.3 Å². The molecule has 2 aliphatic rings. The van der Waals surface area contributed by atoms with Gasteiger partial charge >= 0.3 is 0 Å². The van der Waals surface area contributed by atoms with E-state index in [-0.39, 0.29) is 17.0 Å². The molecule has 5 rings (SSSR count). The normalized spacial score (nSPS) is 19.0. The zero-order valence-electron chi connectivity index (χ0n) is 20.0. The summed E-state index contributed by atoms with van der Waals surface area (Å²) in [6, 6.07) is 24.2. The van der Waals surface area contributed by atoms with Gasteiger partial charge in [0.15, 0.2) is 11.6 Å². The van der Waals surface area contributed by atoms with Crippen molar-refractivity contribution in [1.29, 1.82) is 0 Å². The first kappa shape index (κ1) is 24.5. The molecule has 0 fully saturated rings. The quantitative estimate of drug-likeness (QED) is 0.320. The Morgan fingerprint density at radius 1 is 0.972 bits per heavy atom. The molecule has 3 aromatic carbocycles. The van der Waals surface area contributed by atoms with Gasteiger partial charge in [0.2, 0.25) is 5.88 Å². The summed E-state index contributed by atoms with van der Waals surface area (Å²) >= 11 is 9.74. The molecule has 0 amide bonds. The number of benzene rings is 3. The van der Waals surface area contributed by atoms with E-state index in [0.717, 1.165) is 11.3 Å². The van der Waals surface area contributed by atoms with Crippen molar-refractivity contribution in [1.82, 2.24) is 0 Å². The Balaban J connectivity index is 1.75. The zero-order valence-corrected chi connectivity index (χ0v) is 22.3. The summed E-state index contributed by atoms with van der Waals surface area (Å²) in [4.78, 5) is 27.8. The van der Waals surface area contributed by atoms with Gasteiger partial charge in [-0.2, -0.15) is 0 Å². The number of anilines is 1. The Morgan fingerprint density at radius 2 is 1.64 bits per heavy atom. The van der Waals surface area contributed by atoms with Gasteiger partial charge in [0.05, 0.1) is 11.5 Å². The minimum atomic E-state index is -0.597. The Bertz CT molecular complexity index is 1410. The average molecular weight is 563 g/mol. The van der Waals surface area contributed by atoms with Crippen LogP contribution in [0, 0.1) is 5.41 Å². The van der Waals surface area contributed by atoms with Gasteiger partial charge in [0.25, 0.3) is 0 Å². The maximum Gasteiger partial charge on any atom is 0.205 e. The van der Waals surface area contributed by atoms with Crippen molar-refractivity contribution in [2.24, 2.45) is 5.41 Å². The Kier molecular flexibility index (Phi) is 6.62. The monoisotopic (exact) mass is 561 g/mol. The lowest BCUT2D eigenvalue weighted by Crippen LogP contribution is -2.35. The molecule has 0 spiro atoms. The second-order valence-corrected chi connectivity index (χ2v) is 11.2. The van der Waals surface area contributed by atoms with Gasteiger partial charge in [-0.3, -0.25) is 9.59 Å². The zero-order chi connectivity index (χ0) is 25.4. The van der Waals surface area contributed by atoms with Gasteiger partial charge in [0, 0.05) is 39.2 Å². The average Bonchev–Trinajstić information content (AvgIpc) is 2.83. The molecule has 1 heterocycles. The minimum absolute atomic E-state index is 0.00242. The summed E-state index contributed by atoms with van der Waals surface area (Å²) in [6.45, 7) is 4.12. The standard InChI is InChI=1S/C30H25BrClNO3/c1-30(2)16-23(34)26-24(17-30)36-29(33-20-8-4-3-5-9-20)27(25(26)18-12-14-19(32)15-13-18)28(35)21-10-6-7-11-22(21)31/h3-15,25,33H,16-17H2,1-2H3. The molecule has 1 aliphatic carbocycles. The smallest absolute Gasteiger partial charge is 0.205 e. The van der Waals surface area contributed by atoms with E-state index in [9.17, 15) is 9.59 Å². The van der Waals surface area contributed by atoms with Crippen LogP contribution < -0.4 is 5.32 Å². The second kappa shape index (κ2) is 9.72. The van der Waals surface area contributed by atoms with Crippen molar-refractivity contribution in [2.45, 2.75) is 32.6 Å². The summed E-state index contributed by atoms with van der Waals surface area (Å²) < 4.78 is 7.11. The number of rotatable bonds is 5. The van der Waals surface area contributed by atoms with Crippen LogP contribution in [-0.2, 0) is 9.53 Å². The summed E-state index contributed by atoms with van der Waals surface area (Å²) in [5, 5.41) is 3.92. The van der Waals surface area contributed by atoms with Crippen molar-refractivity contribution in [3.8, 4) is 0 Å². The highest BCUT2D eigenvalue weighted by Crippen LogP contribution is 2.49. The predicted molar refractivity (Wildman–Crippen MR) is 146 cm³/mol. The fraction of sp³-hybridized carbons (Fsp3) is 0.200. The summed E-state index contributed by atoms with van der Waals surface area (Å²) in [6.07, 6.45) is 0.978. The number of ketones is 2. The molecule has 4 nitrogen and oxygen atoms in total. The van der Waals surface area contributed by atoms with Crippen molar-refractivity contribution >= 4 is 44.8 Å². The van der Waals surface area contributed by atoms with E-state index in [4.69, 9.17) is 16.3 Å². The number of ether oxygens (including phenoxy) is 1. The number of halogens is 2. The molecule has 3 aromatic rings. The predicted octanol–water partition coefficient (Wildman–Crippen LogP) is 8.07. The molecular weight excluding hydrogens is 538 g/mol. The number of para-hydroxylation sites is 1. The number of carbonyl (C=O) groups is 2. The Hall–Kier alpha value is -3.15. The largest absolute Gasteiger partial charge is 0.444 e. The van der Waals surface area contributed by atoms with E-state index < -0.39 is 5.92 Å². The first-order valence-corrected chi connectivity index (χ1v) is 13.0. The molecule has 0 radical (unpaired) electrons. The van der Waals surface area contributed by atoms with Crippen molar-refractivity contribution in [3.63, 3.8) is 0 Å². The summed E-state index contributed by atoms with van der Waals surface area (Å²) in [7, 11) is 0. The molecule has 6 heteroatoms. The number of Topliss-reactive ketones (excluding diaryl/α,β-unsaturated/α-hetero) is 2. The summed E-state index contributed by atoms with van der Waals surface area (Å²) in [5.74, 6) is 0.132. The van der Waals surface area contributed by atoms with Crippen LogP contribution in [0.2, 0.25) is 5.02 Å². The van der Waals surface area contributed by atoms with Gasteiger partial charge < -0.3 is 10.1 Å². The SMILES string of the molecule is CC1(C)CC(=O)C2=C(C1)OC(Nc1ccccc1)=C(C(=O)c1ccccc1Br)C2c1ccc(Cl)cc1. The van der Waals surface area contributed by atoms with Gasteiger partial charge in [-0.15, -0.1) is 0 Å². The molecule has 36 heavy (non-hydrogen) atoms. The molecule has 0 aromatic heterocycles. The van der Waals surface area contributed by atoms with Crippen LogP contribution in [0.3, 0.4) is 0 Å². The maximum atomic E-state index is 14.2. The highest BCUT2D eigenvalue weighted by atomic mass is 79.9. The molecule has 0 saturated heterocycles. The molecule has 1 atom stereocenters. The maximum absolute atomic E-state index is 14.2. The molecule has 0 bridgehead atoms. The van der Waals surface area contributed by atoms with Gasteiger partial charge in [0.1, 0.15) is 5.76 Å². The summed E-state index contributed by atoms with van der Waals surface area (Å²) in [5.41, 5.74) is 2.78. The van der Waals surface area contributed by atoms with Gasteiger partial charge in [-0.25, -0.2) is 0 Å². The van der Waals surface area contributed by atoms with E-state index in [1.807, 2.05) is 60.7 Å². The molecule has 1 N–H and O–H groups in total. The topological polar surface area (TPSA) is 55.4 Å². The lowest BCUT2D eigenvalue weighted by Gasteiger charge is -2.39. The highest BCUT2D eigenvalue weighted by Gasteiger charge is 2.45. The van der Waals surface area contributed by atoms with E-state index in [1.165, 1.54) is 0 Å². The van der Waals surface area contributed by atoms with E-state index >= 15 is 0 Å². The number of hydrogen-bond acceptors (Lipinski definition) is 4. The number of hydrogen-bond donors (Lipinski definition) is 1. The van der Waals surface area contributed by atoms with Crippen LogP contribution in [0.5, 0.6) is 0 Å². The number of carbonyl (C=O) groups excluding carboxylic acids is 2. The Labute approximate surface area is 224 Å². The fourth-order valence-electron chi connectivity index (χ4n) is 4.90. The molecule has 1 unspecified atom stereocenters. The number of allylic oxidation sites excluding steroid dienone is 3. The lowest BCUT2D eigenvalue weighted by molar-refractivity contribution is -0.119. The van der Waals surface area contributed by atoms with Crippen LogP contribution in [-0.4, -0.2) is 11.6 Å². The number of nitrogens with one attached hydrogen (secondary N) is 1. The lowest BCUT2D eigenvalue weighted by atomic mass is 9.69. The van der Waals surface area contributed by atoms with E-state index in [2.05, 4.69) is 35.1 Å². The minimum Gasteiger partial charge on any atom is -0.444 e. The van der Waals surface area contributed by atoms with E-state index in [1.54, 1.807) is 18.2 Å². The van der Waals surface area contributed by atoms with Crippen molar-refractivity contribution in [2.75, 3.05) is 5.32 Å². The first-order chi connectivity index (χ1) is 17.2. The Morgan fingerprint density at radius 3 is 2.33 bits per heavy atom. The highest BCUT2D eigenvalue weighted by molar-refractivity contribution is 9.10. The van der Waals surface area contributed by atoms with Gasteiger partial charge in [-0.1, -0.05) is 83.8 Å². The molecular formula is C30H25BrClNO3. The van der Waals surface area contributed by atoms with Crippen LogP contribution >= 0.6 is 27.5 Å². The van der Waals surface area contributed by atoms with Crippen LogP contribution in [0.25, 0.3) is 0 Å². The third-order valence-electron chi connectivity index (χ3n) is 6.52. The molecule has 0 saturated carbocycles. The van der Waals surface area contributed by atoms with E-state index in [0.29, 0.717) is 50.7 Å². The van der Waals surface area contributed by atoms with Crippen LogP contribution in [0.15, 0.2) is 106 Å².